The van der Waals surface area contributed by atoms with E-state index in [4.69, 9.17) is 4.42 Å². The van der Waals surface area contributed by atoms with Gasteiger partial charge in [0, 0.05) is 12.1 Å². The predicted octanol–water partition coefficient (Wildman–Crippen LogP) is 2.40. The van der Waals surface area contributed by atoms with Crippen molar-refractivity contribution in [1.82, 2.24) is 15.5 Å². The summed E-state index contributed by atoms with van der Waals surface area (Å²) >= 11 is 0. The van der Waals surface area contributed by atoms with Crippen LogP contribution in [-0.2, 0) is 6.54 Å². The predicted molar refractivity (Wildman–Crippen MR) is 66.3 cm³/mol. The Bertz CT molecular complexity index is 490. The van der Waals surface area contributed by atoms with Crippen LogP contribution in [0.15, 0.2) is 46.9 Å². The largest absolute Gasteiger partial charge is 0.419 e. The first-order valence-electron chi connectivity index (χ1n) is 5.48. The van der Waals surface area contributed by atoms with Gasteiger partial charge in [0.05, 0.1) is 6.54 Å². The van der Waals surface area contributed by atoms with Gasteiger partial charge in [-0.15, -0.1) is 10.2 Å². The molecule has 1 aromatic heterocycles. The van der Waals surface area contributed by atoms with Crippen molar-refractivity contribution in [2.24, 2.45) is 0 Å². The van der Waals surface area contributed by atoms with E-state index >= 15 is 0 Å². The Morgan fingerprint density at radius 3 is 2.76 bits per heavy atom. The maximum atomic E-state index is 5.54. The van der Waals surface area contributed by atoms with Gasteiger partial charge in [-0.2, -0.15) is 0 Å². The Labute approximate surface area is 100 Å². The molecule has 1 aromatic carbocycles. The molecule has 4 heteroatoms. The van der Waals surface area contributed by atoms with Gasteiger partial charge in [0.25, 0.3) is 0 Å². The Morgan fingerprint density at radius 1 is 1.29 bits per heavy atom. The van der Waals surface area contributed by atoms with Gasteiger partial charge in [-0.25, -0.2) is 0 Å². The molecule has 0 radical (unpaired) electrons. The SMILES string of the molecule is C=C(C)CNCc1nnc(-c2ccccc2)o1. The Balaban J connectivity index is 1.99. The third-order valence-corrected chi connectivity index (χ3v) is 2.19. The van der Waals surface area contributed by atoms with Crippen molar-refractivity contribution in [2.75, 3.05) is 6.54 Å². The number of nitrogens with zero attached hydrogens (tertiary/aromatic N) is 2. The molecule has 0 saturated heterocycles. The lowest BCUT2D eigenvalue weighted by Gasteiger charge is -1.99. The Hall–Kier alpha value is -1.94. The monoisotopic (exact) mass is 229 g/mol. The van der Waals surface area contributed by atoms with Crippen molar-refractivity contribution in [1.29, 1.82) is 0 Å². The quantitative estimate of drug-likeness (QED) is 0.800. The summed E-state index contributed by atoms with van der Waals surface area (Å²) in [5.41, 5.74) is 2.01. The molecule has 0 aliphatic heterocycles. The first kappa shape index (κ1) is 11.5. The molecule has 0 bridgehead atoms. The molecule has 1 N–H and O–H groups in total. The van der Waals surface area contributed by atoms with Gasteiger partial charge in [-0.05, 0) is 19.1 Å². The molecule has 0 fully saturated rings. The highest BCUT2D eigenvalue weighted by atomic mass is 16.4. The van der Waals surface area contributed by atoms with Crippen LogP contribution >= 0.6 is 0 Å². The summed E-state index contributed by atoms with van der Waals surface area (Å²) in [5, 5.41) is 11.2. The van der Waals surface area contributed by atoms with Crippen LogP contribution in [0.25, 0.3) is 11.5 Å². The summed E-state index contributed by atoms with van der Waals surface area (Å²) in [7, 11) is 0. The second-order valence-corrected chi connectivity index (χ2v) is 3.93. The second-order valence-electron chi connectivity index (χ2n) is 3.93. The van der Waals surface area contributed by atoms with Gasteiger partial charge >= 0.3 is 0 Å². The van der Waals surface area contributed by atoms with E-state index in [1.54, 1.807) is 0 Å². The number of hydrogen-bond donors (Lipinski definition) is 1. The van der Waals surface area contributed by atoms with Crippen LogP contribution in [0, 0.1) is 0 Å². The molecule has 0 amide bonds. The van der Waals surface area contributed by atoms with Gasteiger partial charge in [0.15, 0.2) is 0 Å². The standard InChI is InChI=1S/C13H15N3O/c1-10(2)8-14-9-12-15-16-13(17-12)11-6-4-3-5-7-11/h3-7,14H,1,8-9H2,2H3. The van der Waals surface area contributed by atoms with E-state index in [0.717, 1.165) is 17.7 Å². The molecule has 0 spiro atoms. The summed E-state index contributed by atoms with van der Waals surface area (Å²) in [5.74, 6) is 1.14. The molecule has 0 saturated carbocycles. The molecule has 0 aliphatic rings. The minimum absolute atomic E-state index is 0.553. The fraction of sp³-hybridized carbons (Fsp3) is 0.231. The van der Waals surface area contributed by atoms with E-state index < -0.39 is 0 Å². The number of rotatable bonds is 5. The highest BCUT2D eigenvalue weighted by Gasteiger charge is 2.06. The average Bonchev–Trinajstić information content (AvgIpc) is 2.78. The van der Waals surface area contributed by atoms with Crippen LogP contribution in [0.5, 0.6) is 0 Å². The summed E-state index contributed by atoms with van der Waals surface area (Å²) in [6, 6.07) is 9.73. The molecule has 2 rings (SSSR count). The lowest BCUT2D eigenvalue weighted by molar-refractivity contribution is 0.484. The maximum absolute atomic E-state index is 5.54. The summed E-state index contributed by atoms with van der Waals surface area (Å²) in [6.07, 6.45) is 0. The van der Waals surface area contributed by atoms with E-state index in [1.165, 1.54) is 0 Å². The fourth-order valence-corrected chi connectivity index (χ4v) is 1.41. The zero-order valence-electron chi connectivity index (χ0n) is 9.81. The lowest BCUT2D eigenvalue weighted by atomic mass is 10.2. The van der Waals surface area contributed by atoms with Crippen molar-refractivity contribution in [3.05, 3.63) is 48.4 Å². The molecule has 2 aromatic rings. The number of nitrogens with one attached hydrogen (secondary N) is 1. The molecule has 4 nitrogen and oxygen atoms in total. The molecular formula is C13H15N3O. The summed E-state index contributed by atoms with van der Waals surface area (Å²) in [4.78, 5) is 0. The van der Waals surface area contributed by atoms with Crippen molar-refractivity contribution < 1.29 is 4.42 Å². The molecule has 17 heavy (non-hydrogen) atoms. The van der Waals surface area contributed by atoms with Gasteiger partial charge < -0.3 is 9.73 Å². The van der Waals surface area contributed by atoms with E-state index in [2.05, 4.69) is 22.1 Å². The van der Waals surface area contributed by atoms with Gasteiger partial charge in [-0.3, -0.25) is 0 Å². The third-order valence-electron chi connectivity index (χ3n) is 2.19. The van der Waals surface area contributed by atoms with Crippen LogP contribution < -0.4 is 5.32 Å². The minimum Gasteiger partial charge on any atom is -0.419 e. The average molecular weight is 229 g/mol. The first-order valence-corrected chi connectivity index (χ1v) is 5.48. The normalized spacial score (nSPS) is 10.4. The van der Waals surface area contributed by atoms with E-state index in [9.17, 15) is 0 Å². The second kappa shape index (κ2) is 5.41. The van der Waals surface area contributed by atoms with Crippen LogP contribution in [0.1, 0.15) is 12.8 Å². The smallest absolute Gasteiger partial charge is 0.247 e. The fourth-order valence-electron chi connectivity index (χ4n) is 1.41. The van der Waals surface area contributed by atoms with Gasteiger partial charge in [0.1, 0.15) is 0 Å². The van der Waals surface area contributed by atoms with Gasteiger partial charge in [-0.1, -0.05) is 30.4 Å². The Morgan fingerprint density at radius 2 is 2.06 bits per heavy atom. The van der Waals surface area contributed by atoms with E-state index in [1.807, 2.05) is 37.3 Å². The third kappa shape index (κ3) is 3.26. The van der Waals surface area contributed by atoms with Crippen LogP contribution in [0.4, 0.5) is 0 Å². The first-order chi connectivity index (χ1) is 8.25. The van der Waals surface area contributed by atoms with Crippen LogP contribution in [0.2, 0.25) is 0 Å². The zero-order chi connectivity index (χ0) is 12.1. The van der Waals surface area contributed by atoms with Crippen molar-refractivity contribution >= 4 is 0 Å². The highest BCUT2D eigenvalue weighted by molar-refractivity contribution is 5.51. The van der Waals surface area contributed by atoms with Crippen molar-refractivity contribution in [3.8, 4) is 11.5 Å². The summed E-state index contributed by atoms with van der Waals surface area (Å²) in [6.45, 7) is 7.09. The number of hydrogen-bond acceptors (Lipinski definition) is 4. The minimum atomic E-state index is 0.553. The molecule has 0 aliphatic carbocycles. The topological polar surface area (TPSA) is 51.0 Å². The van der Waals surface area contributed by atoms with Crippen molar-refractivity contribution in [3.63, 3.8) is 0 Å². The van der Waals surface area contributed by atoms with Crippen molar-refractivity contribution in [2.45, 2.75) is 13.5 Å². The molecule has 0 atom stereocenters. The number of benzene rings is 1. The zero-order valence-corrected chi connectivity index (χ0v) is 9.81. The van der Waals surface area contributed by atoms with E-state index in [0.29, 0.717) is 18.3 Å². The number of aromatic nitrogens is 2. The molecule has 88 valence electrons. The Kier molecular flexibility index (Phi) is 3.67. The molecule has 0 unspecified atom stereocenters. The van der Waals surface area contributed by atoms with Crippen LogP contribution in [-0.4, -0.2) is 16.7 Å². The molecule has 1 heterocycles. The van der Waals surface area contributed by atoms with E-state index in [-0.39, 0.29) is 0 Å². The highest BCUT2D eigenvalue weighted by Crippen LogP contribution is 2.16. The summed E-state index contributed by atoms with van der Waals surface area (Å²) < 4.78 is 5.54. The maximum Gasteiger partial charge on any atom is 0.247 e. The van der Waals surface area contributed by atoms with Crippen LogP contribution in [0.3, 0.4) is 0 Å². The lowest BCUT2D eigenvalue weighted by Crippen LogP contribution is -2.15. The van der Waals surface area contributed by atoms with Gasteiger partial charge in [0.2, 0.25) is 11.8 Å². The molecular weight excluding hydrogens is 214 g/mol.